The van der Waals surface area contributed by atoms with Gasteiger partial charge in [-0.1, -0.05) is 19.8 Å². The van der Waals surface area contributed by atoms with Crippen molar-refractivity contribution in [2.75, 3.05) is 0 Å². The lowest BCUT2D eigenvalue weighted by molar-refractivity contribution is -0.135. The fourth-order valence-corrected chi connectivity index (χ4v) is 1.05. The zero-order valence-electron chi connectivity index (χ0n) is 7.71. The Morgan fingerprint density at radius 1 is 1.58 bits per heavy atom. The Kier molecular flexibility index (Phi) is 6.34. The maximum atomic E-state index is 10.7. The molecule has 0 aromatic heterocycles. The van der Waals surface area contributed by atoms with Gasteiger partial charge in [0.1, 0.15) is 11.9 Å². The molecule has 0 saturated heterocycles. The van der Waals surface area contributed by atoms with E-state index in [0.717, 1.165) is 19.3 Å². The average molecular weight is 172 g/mol. The van der Waals surface area contributed by atoms with Crippen LogP contribution in [0.3, 0.4) is 0 Å². The van der Waals surface area contributed by atoms with Gasteiger partial charge in [0, 0.05) is 6.42 Å². The molecule has 0 heterocycles. The van der Waals surface area contributed by atoms with Crippen LogP contribution in [0.1, 0.15) is 39.5 Å². The van der Waals surface area contributed by atoms with Gasteiger partial charge in [-0.15, -0.1) is 0 Å². The summed E-state index contributed by atoms with van der Waals surface area (Å²) in [7, 11) is 0. The van der Waals surface area contributed by atoms with E-state index < -0.39 is 0 Å². The predicted molar refractivity (Wildman–Crippen MR) is 45.8 cm³/mol. The predicted octanol–water partition coefficient (Wildman–Crippen LogP) is 1.70. The molecule has 0 amide bonds. The summed E-state index contributed by atoms with van der Waals surface area (Å²) in [6.45, 7) is 3.99. The van der Waals surface area contributed by atoms with Crippen LogP contribution in [0.25, 0.3) is 0 Å². The van der Waals surface area contributed by atoms with E-state index in [-0.39, 0.29) is 11.9 Å². The molecule has 0 aliphatic heterocycles. The van der Waals surface area contributed by atoms with E-state index in [9.17, 15) is 9.59 Å². The maximum Gasteiger partial charge on any atom is 0.293 e. The molecule has 0 bridgehead atoms. The van der Waals surface area contributed by atoms with Gasteiger partial charge in [0.25, 0.3) is 6.47 Å². The topological polar surface area (TPSA) is 43.4 Å². The van der Waals surface area contributed by atoms with E-state index in [2.05, 4.69) is 6.92 Å². The molecule has 0 unspecified atom stereocenters. The number of rotatable bonds is 7. The van der Waals surface area contributed by atoms with Crippen LogP contribution < -0.4 is 0 Å². The molecule has 0 N–H and O–H groups in total. The number of ether oxygens (including phenoxy) is 1. The first kappa shape index (κ1) is 11.1. The highest BCUT2D eigenvalue weighted by Crippen LogP contribution is 2.08. The minimum atomic E-state index is -0.208. The summed E-state index contributed by atoms with van der Waals surface area (Å²) in [4.78, 5) is 20.7. The van der Waals surface area contributed by atoms with Crippen LogP contribution in [-0.4, -0.2) is 18.4 Å². The lowest BCUT2D eigenvalue weighted by Crippen LogP contribution is -2.15. The number of hydrogen-bond acceptors (Lipinski definition) is 3. The van der Waals surface area contributed by atoms with E-state index in [1.165, 1.54) is 6.92 Å². The molecular formula is C9H16O3. The molecule has 0 rings (SSSR count). The molecule has 12 heavy (non-hydrogen) atoms. The quantitative estimate of drug-likeness (QED) is 0.549. The van der Waals surface area contributed by atoms with Crippen molar-refractivity contribution in [3.05, 3.63) is 0 Å². The van der Waals surface area contributed by atoms with E-state index in [4.69, 9.17) is 4.74 Å². The molecule has 0 aliphatic carbocycles. The Balaban J connectivity index is 3.68. The van der Waals surface area contributed by atoms with E-state index in [1.54, 1.807) is 0 Å². The zero-order chi connectivity index (χ0) is 9.40. The summed E-state index contributed by atoms with van der Waals surface area (Å²) in [6.07, 6.45) is 2.97. The van der Waals surface area contributed by atoms with Crippen molar-refractivity contribution in [2.45, 2.75) is 45.6 Å². The van der Waals surface area contributed by atoms with Gasteiger partial charge >= 0.3 is 0 Å². The second kappa shape index (κ2) is 6.83. The Morgan fingerprint density at radius 3 is 2.67 bits per heavy atom. The van der Waals surface area contributed by atoms with Crippen LogP contribution in [0.2, 0.25) is 0 Å². The summed E-state index contributed by atoms with van der Waals surface area (Å²) in [5.41, 5.74) is 0. The molecule has 0 radical (unpaired) electrons. The Hall–Kier alpha value is -0.860. The zero-order valence-corrected chi connectivity index (χ0v) is 7.71. The van der Waals surface area contributed by atoms with Crippen molar-refractivity contribution >= 4 is 12.3 Å². The lowest BCUT2D eigenvalue weighted by Gasteiger charge is -2.12. The third kappa shape index (κ3) is 5.89. The normalized spacial score (nSPS) is 12.2. The summed E-state index contributed by atoms with van der Waals surface area (Å²) in [5.74, 6) is 0.0675. The SMILES string of the molecule is CCCC[C@H](CC(C)=O)OC=O. The fourth-order valence-electron chi connectivity index (χ4n) is 1.05. The largest absolute Gasteiger partial charge is 0.464 e. The van der Waals surface area contributed by atoms with Gasteiger partial charge < -0.3 is 4.74 Å². The number of ketones is 1. The van der Waals surface area contributed by atoms with Gasteiger partial charge in [-0.05, 0) is 13.3 Å². The standard InChI is InChI=1S/C9H16O3/c1-3-4-5-9(12-7-10)6-8(2)11/h7,9H,3-6H2,1-2H3/t9-/m1/s1. The van der Waals surface area contributed by atoms with E-state index in [1.807, 2.05) is 0 Å². The molecule has 0 aromatic rings. The fraction of sp³-hybridized carbons (Fsp3) is 0.778. The van der Waals surface area contributed by atoms with Crippen LogP contribution in [0.5, 0.6) is 0 Å². The summed E-state index contributed by atoms with van der Waals surface area (Å²) < 4.78 is 4.75. The summed E-state index contributed by atoms with van der Waals surface area (Å²) in [6, 6.07) is 0. The molecule has 70 valence electrons. The third-order valence-corrected chi connectivity index (χ3v) is 1.64. The van der Waals surface area contributed by atoms with Crippen LogP contribution in [0.4, 0.5) is 0 Å². The van der Waals surface area contributed by atoms with Gasteiger partial charge in [-0.25, -0.2) is 0 Å². The molecule has 3 nitrogen and oxygen atoms in total. The number of carbonyl (C=O) groups is 2. The average Bonchev–Trinajstić information content (AvgIpc) is 2.00. The lowest BCUT2D eigenvalue weighted by atomic mass is 10.1. The number of Topliss-reactive ketones (excluding diaryl/α,β-unsaturated/α-hetero) is 1. The monoisotopic (exact) mass is 172 g/mol. The highest BCUT2D eigenvalue weighted by molar-refractivity contribution is 5.76. The number of unbranched alkanes of at least 4 members (excludes halogenated alkanes) is 1. The van der Waals surface area contributed by atoms with Gasteiger partial charge in [0.2, 0.25) is 0 Å². The first-order valence-electron chi connectivity index (χ1n) is 4.29. The van der Waals surface area contributed by atoms with Crippen LogP contribution in [-0.2, 0) is 14.3 Å². The first-order valence-corrected chi connectivity index (χ1v) is 4.29. The van der Waals surface area contributed by atoms with Gasteiger partial charge in [0.15, 0.2) is 0 Å². The Morgan fingerprint density at radius 2 is 2.25 bits per heavy atom. The highest BCUT2D eigenvalue weighted by atomic mass is 16.5. The molecule has 0 spiro atoms. The van der Waals surface area contributed by atoms with Gasteiger partial charge in [-0.2, -0.15) is 0 Å². The Bertz CT molecular complexity index is 143. The Labute approximate surface area is 73.1 Å². The highest BCUT2D eigenvalue weighted by Gasteiger charge is 2.10. The summed E-state index contributed by atoms with van der Waals surface area (Å²) >= 11 is 0. The van der Waals surface area contributed by atoms with Crippen LogP contribution in [0.15, 0.2) is 0 Å². The van der Waals surface area contributed by atoms with Crippen molar-refractivity contribution in [3.63, 3.8) is 0 Å². The van der Waals surface area contributed by atoms with Crippen molar-refractivity contribution in [2.24, 2.45) is 0 Å². The molecule has 0 saturated carbocycles. The smallest absolute Gasteiger partial charge is 0.293 e. The molecular weight excluding hydrogens is 156 g/mol. The second-order valence-corrected chi connectivity index (χ2v) is 2.90. The second-order valence-electron chi connectivity index (χ2n) is 2.90. The van der Waals surface area contributed by atoms with Crippen molar-refractivity contribution < 1.29 is 14.3 Å². The van der Waals surface area contributed by atoms with Crippen LogP contribution >= 0.6 is 0 Å². The number of carbonyl (C=O) groups excluding carboxylic acids is 2. The molecule has 0 aliphatic rings. The van der Waals surface area contributed by atoms with E-state index >= 15 is 0 Å². The van der Waals surface area contributed by atoms with E-state index in [0.29, 0.717) is 12.9 Å². The minimum Gasteiger partial charge on any atom is -0.464 e. The van der Waals surface area contributed by atoms with Crippen LogP contribution in [0, 0.1) is 0 Å². The third-order valence-electron chi connectivity index (χ3n) is 1.64. The molecule has 0 aromatic carbocycles. The molecule has 3 heteroatoms. The molecule has 0 fully saturated rings. The van der Waals surface area contributed by atoms with Crippen molar-refractivity contribution in [3.8, 4) is 0 Å². The van der Waals surface area contributed by atoms with Crippen molar-refractivity contribution in [1.29, 1.82) is 0 Å². The number of hydrogen-bond donors (Lipinski definition) is 0. The van der Waals surface area contributed by atoms with Gasteiger partial charge in [-0.3, -0.25) is 9.59 Å². The van der Waals surface area contributed by atoms with Gasteiger partial charge in [0.05, 0.1) is 0 Å². The minimum absolute atomic E-state index is 0.0675. The first-order chi connectivity index (χ1) is 5.70. The maximum absolute atomic E-state index is 10.7. The molecule has 1 atom stereocenters. The van der Waals surface area contributed by atoms with Crippen molar-refractivity contribution in [1.82, 2.24) is 0 Å². The summed E-state index contributed by atoms with van der Waals surface area (Å²) in [5, 5.41) is 0.